The molecule has 0 radical (unpaired) electrons. The van der Waals surface area contributed by atoms with Crippen LogP contribution in [0.25, 0.3) is 0 Å². The highest BCUT2D eigenvalue weighted by atomic mass is 16.2. The molecule has 20 heavy (non-hydrogen) atoms. The molecular weight excluding hydrogens is 254 g/mol. The number of likely N-dealkylation sites (tertiary alicyclic amines) is 1. The van der Waals surface area contributed by atoms with Gasteiger partial charge in [-0.3, -0.25) is 4.79 Å². The van der Waals surface area contributed by atoms with Crippen LogP contribution in [0.4, 0.5) is 10.5 Å². The number of hydrogen-bond donors (Lipinski definition) is 2. The standard InChI is InChI=1S/C15H21N3O2/c1-10-6-11(2)9-18(8-10)15(20)17-13-5-3-4-12(7-13)14(16)19/h3-5,7,10-11H,6,8-9H2,1-2H3,(H2,16,19)(H,17,20)/t10-,11-/m1/s1. The lowest BCUT2D eigenvalue weighted by atomic mass is 9.92. The normalized spacial score (nSPS) is 22.4. The summed E-state index contributed by atoms with van der Waals surface area (Å²) in [4.78, 5) is 25.2. The molecule has 1 aliphatic heterocycles. The number of rotatable bonds is 2. The van der Waals surface area contributed by atoms with Gasteiger partial charge in [0.05, 0.1) is 0 Å². The number of primary amides is 1. The minimum atomic E-state index is -0.499. The van der Waals surface area contributed by atoms with Crippen LogP contribution in [0.1, 0.15) is 30.6 Å². The van der Waals surface area contributed by atoms with Crippen LogP contribution in [0.2, 0.25) is 0 Å². The number of nitrogens with two attached hydrogens (primary N) is 1. The second-order valence-corrected chi connectivity index (χ2v) is 5.73. The van der Waals surface area contributed by atoms with Crippen molar-refractivity contribution in [3.8, 4) is 0 Å². The quantitative estimate of drug-likeness (QED) is 0.869. The van der Waals surface area contributed by atoms with Gasteiger partial charge in [0.15, 0.2) is 0 Å². The minimum absolute atomic E-state index is 0.120. The summed E-state index contributed by atoms with van der Waals surface area (Å²) in [6.07, 6.45) is 1.15. The molecule has 0 aliphatic carbocycles. The zero-order valence-electron chi connectivity index (χ0n) is 11.9. The molecule has 1 aliphatic rings. The molecule has 0 spiro atoms. The number of amides is 3. The molecule has 1 aromatic carbocycles. The zero-order chi connectivity index (χ0) is 14.7. The first-order chi connectivity index (χ1) is 9.45. The number of carbonyl (C=O) groups is 2. The lowest BCUT2D eigenvalue weighted by molar-refractivity contribution is 0.1000. The first kappa shape index (κ1) is 14.4. The summed E-state index contributed by atoms with van der Waals surface area (Å²) in [5, 5.41) is 2.83. The summed E-state index contributed by atoms with van der Waals surface area (Å²) >= 11 is 0. The van der Waals surface area contributed by atoms with E-state index < -0.39 is 5.91 Å². The van der Waals surface area contributed by atoms with Gasteiger partial charge in [0.25, 0.3) is 0 Å². The van der Waals surface area contributed by atoms with Crippen molar-refractivity contribution in [3.63, 3.8) is 0 Å². The van der Waals surface area contributed by atoms with Crippen LogP contribution in [0.15, 0.2) is 24.3 Å². The number of anilines is 1. The van der Waals surface area contributed by atoms with Crippen molar-refractivity contribution in [1.82, 2.24) is 4.90 Å². The van der Waals surface area contributed by atoms with Gasteiger partial charge in [-0.1, -0.05) is 19.9 Å². The Morgan fingerprint density at radius 2 is 1.90 bits per heavy atom. The molecule has 0 aromatic heterocycles. The Morgan fingerprint density at radius 1 is 1.25 bits per heavy atom. The van der Waals surface area contributed by atoms with E-state index in [0.29, 0.717) is 23.1 Å². The molecule has 0 saturated carbocycles. The fraction of sp³-hybridized carbons (Fsp3) is 0.467. The van der Waals surface area contributed by atoms with Gasteiger partial charge in [-0.15, -0.1) is 0 Å². The van der Waals surface area contributed by atoms with E-state index in [-0.39, 0.29) is 6.03 Å². The van der Waals surface area contributed by atoms with Gasteiger partial charge in [-0.05, 0) is 36.5 Å². The molecule has 1 saturated heterocycles. The first-order valence-electron chi connectivity index (χ1n) is 6.91. The molecule has 0 bridgehead atoms. The highest BCUT2D eigenvalue weighted by molar-refractivity contribution is 5.95. The highest BCUT2D eigenvalue weighted by Crippen LogP contribution is 2.21. The van der Waals surface area contributed by atoms with Crippen LogP contribution >= 0.6 is 0 Å². The Morgan fingerprint density at radius 3 is 2.50 bits per heavy atom. The summed E-state index contributed by atoms with van der Waals surface area (Å²) in [6.45, 7) is 5.85. The summed E-state index contributed by atoms with van der Waals surface area (Å²) < 4.78 is 0. The molecule has 3 amide bonds. The summed E-state index contributed by atoms with van der Waals surface area (Å²) in [5.41, 5.74) is 6.22. The Kier molecular flexibility index (Phi) is 4.27. The van der Waals surface area contributed by atoms with Crippen molar-refractivity contribution < 1.29 is 9.59 Å². The van der Waals surface area contributed by atoms with E-state index in [1.807, 2.05) is 4.90 Å². The van der Waals surface area contributed by atoms with Crippen molar-refractivity contribution in [1.29, 1.82) is 0 Å². The summed E-state index contributed by atoms with van der Waals surface area (Å²) in [5.74, 6) is 0.532. The van der Waals surface area contributed by atoms with Crippen LogP contribution < -0.4 is 11.1 Å². The van der Waals surface area contributed by atoms with Crippen LogP contribution in [-0.2, 0) is 0 Å². The van der Waals surface area contributed by atoms with Gasteiger partial charge in [0, 0.05) is 24.3 Å². The smallest absolute Gasteiger partial charge is 0.321 e. The van der Waals surface area contributed by atoms with Gasteiger partial charge >= 0.3 is 6.03 Å². The topological polar surface area (TPSA) is 75.4 Å². The molecule has 5 heteroatoms. The second kappa shape index (κ2) is 5.94. The van der Waals surface area contributed by atoms with Gasteiger partial charge in [-0.2, -0.15) is 0 Å². The average molecular weight is 275 g/mol. The van der Waals surface area contributed by atoms with Crippen LogP contribution in [-0.4, -0.2) is 29.9 Å². The molecule has 2 rings (SSSR count). The van der Waals surface area contributed by atoms with E-state index in [2.05, 4.69) is 19.2 Å². The maximum atomic E-state index is 12.2. The number of benzene rings is 1. The maximum Gasteiger partial charge on any atom is 0.321 e. The Labute approximate surface area is 119 Å². The highest BCUT2D eigenvalue weighted by Gasteiger charge is 2.25. The third-order valence-corrected chi connectivity index (χ3v) is 3.55. The van der Waals surface area contributed by atoms with Crippen LogP contribution in [0.5, 0.6) is 0 Å². The van der Waals surface area contributed by atoms with Crippen molar-refractivity contribution >= 4 is 17.6 Å². The summed E-state index contributed by atoms with van der Waals surface area (Å²) in [6, 6.07) is 6.56. The molecule has 2 atom stereocenters. The predicted molar refractivity (Wildman–Crippen MR) is 78.5 cm³/mol. The van der Waals surface area contributed by atoms with Crippen LogP contribution in [0.3, 0.4) is 0 Å². The number of urea groups is 1. The van der Waals surface area contributed by atoms with Gasteiger partial charge in [-0.25, -0.2) is 4.79 Å². The van der Waals surface area contributed by atoms with Gasteiger partial charge in [0.1, 0.15) is 0 Å². The number of nitrogens with zero attached hydrogens (tertiary/aromatic N) is 1. The molecule has 1 fully saturated rings. The number of carbonyl (C=O) groups excluding carboxylic acids is 2. The van der Waals surface area contributed by atoms with Gasteiger partial charge < -0.3 is 16.0 Å². The van der Waals surface area contributed by atoms with E-state index in [1.54, 1.807) is 24.3 Å². The SMILES string of the molecule is C[C@@H]1C[C@@H](C)CN(C(=O)Nc2cccc(C(N)=O)c2)C1. The van der Waals surface area contributed by atoms with E-state index in [9.17, 15) is 9.59 Å². The lowest BCUT2D eigenvalue weighted by Crippen LogP contribution is -2.44. The fourth-order valence-electron chi connectivity index (χ4n) is 2.78. The van der Waals surface area contributed by atoms with E-state index in [0.717, 1.165) is 19.5 Å². The zero-order valence-corrected chi connectivity index (χ0v) is 11.9. The predicted octanol–water partition coefficient (Wildman–Crippen LogP) is 2.30. The molecular formula is C15H21N3O2. The second-order valence-electron chi connectivity index (χ2n) is 5.73. The van der Waals surface area contributed by atoms with Gasteiger partial charge in [0.2, 0.25) is 5.91 Å². The average Bonchev–Trinajstić information content (AvgIpc) is 2.37. The maximum absolute atomic E-state index is 12.2. The molecule has 3 N–H and O–H groups in total. The Bertz CT molecular complexity index is 506. The van der Waals surface area contributed by atoms with Crippen molar-refractivity contribution in [2.75, 3.05) is 18.4 Å². The molecule has 0 unspecified atom stereocenters. The minimum Gasteiger partial charge on any atom is -0.366 e. The first-order valence-corrected chi connectivity index (χ1v) is 6.91. The fourth-order valence-corrected chi connectivity index (χ4v) is 2.78. The molecule has 5 nitrogen and oxygen atoms in total. The third kappa shape index (κ3) is 3.50. The largest absolute Gasteiger partial charge is 0.366 e. The van der Waals surface area contributed by atoms with Crippen molar-refractivity contribution in [2.45, 2.75) is 20.3 Å². The van der Waals surface area contributed by atoms with Crippen LogP contribution in [0, 0.1) is 11.8 Å². The third-order valence-electron chi connectivity index (χ3n) is 3.55. The molecule has 108 valence electrons. The van der Waals surface area contributed by atoms with E-state index in [1.165, 1.54) is 0 Å². The van der Waals surface area contributed by atoms with Crippen molar-refractivity contribution in [3.05, 3.63) is 29.8 Å². The number of hydrogen-bond acceptors (Lipinski definition) is 2. The number of piperidine rings is 1. The monoisotopic (exact) mass is 275 g/mol. The van der Waals surface area contributed by atoms with E-state index >= 15 is 0 Å². The molecule has 1 heterocycles. The van der Waals surface area contributed by atoms with Crippen molar-refractivity contribution in [2.24, 2.45) is 17.6 Å². The number of nitrogens with one attached hydrogen (secondary N) is 1. The molecule has 1 aromatic rings. The Balaban J connectivity index is 2.04. The summed E-state index contributed by atoms with van der Waals surface area (Å²) in [7, 11) is 0. The Hall–Kier alpha value is -2.04. The lowest BCUT2D eigenvalue weighted by Gasteiger charge is -2.34. The van der Waals surface area contributed by atoms with E-state index in [4.69, 9.17) is 5.73 Å².